The Balaban J connectivity index is 2.93. The minimum absolute atomic E-state index is 0.0674. The van der Waals surface area contributed by atoms with Crippen molar-refractivity contribution < 1.29 is 4.39 Å². The molecule has 1 rings (SSSR count). The summed E-state index contributed by atoms with van der Waals surface area (Å²) in [6, 6.07) is 6.89. The largest absolute Gasteiger partial charge is 0.207 e. The fourth-order valence-corrected chi connectivity index (χ4v) is 3.97. The fourth-order valence-electron chi connectivity index (χ4n) is 1.84. The molecule has 0 fully saturated rings. The molecule has 0 amide bonds. The van der Waals surface area contributed by atoms with Gasteiger partial charge in [-0.05, 0) is 30.0 Å². The first kappa shape index (κ1) is 15.2. The molecular formula is C14H19Br2F. The van der Waals surface area contributed by atoms with Crippen molar-refractivity contribution >= 4 is 31.9 Å². The highest BCUT2D eigenvalue weighted by molar-refractivity contribution is 9.09. The Morgan fingerprint density at radius 2 is 1.65 bits per heavy atom. The summed E-state index contributed by atoms with van der Waals surface area (Å²) < 4.78 is 13.0. The molecular weight excluding hydrogens is 347 g/mol. The topological polar surface area (TPSA) is 0 Å². The van der Waals surface area contributed by atoms with E-state index in [1.54, 1.807) is 12.1 Å². The minimum atomic E-state index is -0.171. The van der Waals surface area contributed by atoms with Gasteiger partial charge in [0.2, 0.25) is 0 Å². The number of hydrogen-bond donors (Lipinski definition) is 0. The van der Waals surface area contributed by atoms with Crippen LogP contribution in [0.4, 0.5) is 4.39 Å². The highest BCUT2D eigenvalue weighted by Gasteiger charge is 2.29. The lowest BCUT2D eigenvalue weighted by molar-refractivity contribution is 0.430. The van der Waals surface area contributed by atoms with E-state index in [-0.39, 0.29) is 11.2 Å². The molecule has 0 aliphatic rings. The Kier molecular flexibility index (Phi) is 6.14. The van der Waals surface area contributed by atoms with E-state index >= 15 is 0 Å². The van der Waals surface area contributed by atoms with E-state index in [4.69, 9.17) is 0 Å². The fraction of sp³-hybridized carbons (Fsp3) is 0.571. The van der Waals surface area contributed by atoms with Crippen LogP contribution in [0.2, 0.25) is 0 Å². The molecule has 17 heavy (non-hydrogen) atoms. The maximum atomic E-state index is 13.0. The van der Waals surface area contributed by atoms with E-state index in [9.17, 15) is 4.39 Å². The molecule has 0 aliphatic heterocycles. The zero-order valence-electron chi connectivity index (χ0n) is 10.3. The molecule has 0 heterocycles. The number of halogens is 3. The summed E-state index contributed by atoms with van der Waals surface area (Å²) in [7, 11) is 0. The number of rotatable bonds is 6. The molecule has 0 saturated carbocycles. The van der Waals surface area contributed by atoms with Gasteiger partial charge in [-0.1, -0.05) is 64.3 Å². The zero-order chi connectivity index (χ0) is 12.9. The van der Waals surface area contributed by atoms with Gasteiger partial charge in [-0.2, -0.15) is 0 Å². The molecule has 1 aromatic rings. The van der Waals surface area contributed by atoms with Crippen LogP contribution < -0.4 is 0 Å². The molecule has 0 aliphatic carbocycles. The van der Waals surface area contributed by atoms with Crippen LogP contribution in [0.5, 0.6) is 0 Å². The lowest BCUT2D eigenvalue weighted by atomic mass is 9.79. The number of alkyl halides is 2. The van der Waals surface area contributed by atoms with Gasteiger partial charge in [0, 0.05) is 16.1 Å². The van der Waals surface area contributed by atoms with Crippen LogP contribution in [0.3, 0.4) is 0 Å². The standard InChI is InChI=1S/C14H19Br2F/c1-11(2)7-8-14(9-15,10-16)12-3-5-13(17)6-4-12/h3-6,11H,7-10H2,1-2H3. The average Bonchev–Trinajstić information content (AvgIpc) is 2.32. The summed E-state index contributed by atoms with van der Waals surface area (Å²) in [5.41, 5.74) is 1.27. The molecule has 0 N–H and O–H groups in total. The van der Waals surface area contributed by atoms with Crippen molar-refractivity contribution in [1.82, 2.24) is 0 Å². The smallest absolute Gasteiger partial charge is 0.123 e. The highest BCUT2D eigenvalue weighted by atomic mass is 79.9. The number of benzene rings is 1. The highest BCUT2D eigenvalue weighted by Crippen LogP contribution is 2.34. The predicted octanol–water partition coefficient (Wildman–Crippen LogP) is 5.29. The maximum absolute atomic E-state index is 13.0. The molecule has 0 bridgehead atoms. The second-order valence-electron chi connectivity index (χ2n) is 4.99. The molecule has 0 aromatic heterocycles. The summed E-state index contributed by atoms with van der Waals surface area (Å²) in [4.78, 5) is 0. The van der Waals surface area contributed by atoms with Crippen LogP contribution in [-0.4, -0.2) is 10.7 Å². The summed E-state index contributed by atoms with van der Waals surface area (Å²) in [6.07, 6.45) is 2.28. The summed E-state index contributed by atoms with van der Waals surface area (Å²) in [5, 5.41) is 1.78. The predicted molar refractivity (Wildman–Crippen MR) is 79.7 cm³/mol. The third kappa shape index (κ3) is 4.06. The van der Waals surface area contributed by atoms with Gasteiger partial charge in [0.05, 0.1) is 0 Å². The minimum Gasteiger partial charge on any atom is -0.207 e. The Labute approximate surface area is 120 Å². The Morgan fingerprint density at radius 1 is 1.12 bits per heavy atom. The van der Waals surface area contributed by atoms with Crippen molar-refractivity contribution in [3.8, 4) is 0 Å². The Hall–Kier alpha value is 0.110. The van der Waals surface area contributed by atoms with Gasteiger partial charge in [-0.3, -0.25) is 0 Å². The van der Waals surface area contributed by atoms with Crippen molar-refractivity contribution in [2.24, 2.45) is 5.92 Å². The molecule has 0 atom stereocenters. The third-order valence-electron chi connectivity index (χ3n) is 3.17. The first-order valence-corrected chi connectivity index (χ1v) is 8.16. The van der Waals surface area contributed by atoms with Crippen LogP contribution in [0.25, 0.3) is 0 Å². The van der Waals surface area contributed by atoms with Crippen LogP contribution in [0.15, 0.2) is 24.3 Å². The monoisotopic (exact) mass is 364 g/mol. The zero-order valence-corrected chi connectivity index (χ0v) is 13.5. The van der Waals surface area contributed by atoms with Gasteiger partial charge < -0.3 is 0 Å². The van der Waals surface area contributed by atoms with E-state index in [1.807, 2.05) is 12.1 Å². The van der Waals surface area contributed by atoms with Crippen LogP contribution in [-0.2, 0) is 5.41 Å². The van der Waals surface area contributed by atoms with Crippen molar-refractivity contribution in [2.45, 2.75) is 32.1 Å². The van der Waals surface area contributed by atoms with E-state index in [0.717, 1.165) is 17.1 Å². The molecule has 0 unspecified atom stereocenters. The van der Waals surface area contributed by atoms with Gasteiger partial charge >= 0.3 is 0 Å². The van der Waals surface area contributed by atoms with Gasteiger partial charge in [0.15, 0.2) is 0 Å². The lowest BCUT2D eigenvalue weighted by Crippen LogP contribution is -2.30. The molecule has 0 saturated heterocycles. The maximum Gasteiger partial charge on any atom is 0.123 e. The number of hydrogen-bond acceptors (Lipinski definition) is 0. The van der Waals surface area contributed by atoms with Crippen molar-refractivity contribution in [3.63, 3.8) is 0 Å². The molecule has 0 spiro atoms. The Bertz CT molecular complexity index is 329. The van der Waals surface area contributed by atoms with E-state index < -0.39 is 0 Å². The second kappa shape index (κ2) is 6.89. The summed E-state index contributed by atoms with van der Waals surface area (Å²) in [6.45, 7) is 4.47. The van der Waals surface area contributed by atoms with Crippen molar-refractivity contribution in [3.05, 3.63) is 35.6 Å². The first-order chi connectivity index (χ1) is 8.04. The van der Waals surface area contributed by atoms with Gasteiger partial charge in [-0.25, -0.2) is 4.39 Å². The third-order valence-corrected chi connectivity index (χ3v) is 5.32. The van der Waals surface area contributed by atoms with Gasteiger partial charge in [0.25, 0.3) is 0 Å². The molecule has 1 aromatic carbocycles. The van der Waals surface area contributed by atoms with Crippen molar-refractivity contribution in [1.29, 1.82) is 0 Å². The van der Waals surface area contributed by atoms with Crippen LogP contribution in [0.1, 0.15) is 32.3 Å². The van der Waals surface area contributed by atoms with Gasteiger partial charge in [-0.15, -0.1) is 0 Å². The normalized spacial score (nSPS) is 12.1. The molecule has 3 heteroatoms. The van der Waals surface area contributed by atoms with Crippen LogP contribution >= 0.6 is 31.9 Å². The average molecular weight is 366 g/mol. The molecule has 96 valence electrons. The lowest BCUT2D eigenvalue weighted by Gasteiger charge is -2.31. The van der Waals surface area contributed by atoms with Gasteiger partial charge in [0.1, 0.15) is 5.82 Å². The van der Waals surface area contributed by atoms with E-state index in [1.165, 1.54) is 12.0 Å². The quantitative estimate of drug-likeness (QED) is 0.601. The second-order valence-corrected chi connectivity index (χ2v) is 6.11. The molecule has 0 radical (unpaired) electrons. The Morgan fingerprint density at radius 3 is 2.06 bits per heavy atom. The summed E-state index contributed by atoms with van der Waals surface area (Å²) in [5.74, 6) is 0.517. The first-order valence-electron chi connectivity index (χ1n) is 5.92. The SMILES string of the molecule is CC(C)CCC(CBr)(CBr)c1ccc(F)cc1. The molecule has 0 nitrogen and oxygen atoms in total. The summed E-state index contributed by atoms with van der Waals surface area (Å²) >= 11 is 7.23. The van der Waals surface area contributed by atoms with Crippen molar-refractivity contribution in [2.75, 3.05) is 10.7 Å². The van der Waals surface area contributed by atoms with E-state index in [2.05, 4.69) is 45.7 Å². The van der Waals surface area contributed by atoms with E-state index in [0.29, 0.717) is 5.92 Å². The van der Waals surface area contributed by atoms with Crippen LogP contribution in [0, 0.1) is 11.7 Å².